The molecule has 1 rings (SSSR count). The van der Waals surface area contributed by atoms with Gasteiger partial charge < -0.3 is 15.2 Å². The molecule has 0 saturated carbocycles. The third-order valence-electron chi connectivity index (χ3n) is 2.46. The fourth-order valence-electron chi connectivity index (χ4n) is 1.44. The molecule has 0 heterocycles. The second kappa shape index (κ2) is 5.73. The summed E-state index contributed by atoms with van der Waals surface area (Å²) in [7, 11) is 1.66. The molecule has 0 bridgehead atoms. The first-order valence-electron chi connectivity index (χ1n) is 5.20. The fraction of sp³-hybridized carbons (Fsp3) is 0.500. The molecule has 2 unspecified atom stereocenters. The highest BCUT2D eigenvalue weighted by atomic mass is 16.5. The van der Waals surface area contributed by atoms with Crippen LogP contribution in [0, 0.1) is 0 Å². The largest absolute Gasteiger partial charge is 0.494 e. The summed E-state index contributed by atoms with van der Waals surface area (Å²) in [6.45, 7) is 4.56. The van der Waals surface area contributed by atoms with E-state index in [2.05, 4.69) is 0 Å². The Morgan fingerprint density at radius 2 is 2.00 bits per heavy atom. The molecule has 0 aliphatic carbocycles. The lowest BCUT2D eigenvalue weighted by molar-refractivity contribution is 0.0946. The summed E-state index contributed by atoms with van der Waals surface area (Å²) in [6.07, 6.45) is -0.0217. The smallest absolute Gasteiger partial charge is 0.124 e. The SMILES string of the molecule is CCOc1ccccc1C(N)C(C)OC. The molecule has 0 saturated heterocycles. The Labute approximate surface area is 91.2 Å². The standard InChI is InChI=1S/C12H19NO2/c1-4-15-11-8-6-5-7-10(11)12(13)9(2)14-3/h5-9,12H,4,13H2,1-3H3. The second-order valence-electron chi connectivity index (χ2n) is 3.44. The van der Waals surface area contributed by atoms with Crippen LogP contribution in [0.1, 0.15) is 25.5 Å². The minimum absolute atomic E-state index is 0.0217. The Hall–Kier alpha value is -1.06. The lowest BCUT2D eigenvalue weighted by Crippen LogP contribution is -2.25. The normalized spacial score (nSPS) is 14.7. The molecule has 0 aliphatic rings. The van der Waals surface area contributed by atoms with Crippen molar-refractivity contribution < 1.29 is 9.47 Å². The van der Waals surface area contributed by atoms with E-state index in [0.717, 1.165) is 11.3 Å². The van der Waals surface area contributed by atoms with Crippen molar-refractivity contribution in [2.75, 3.05) is 13.7 Å². The van der Waals surface area contributed by atoms with Crippen molar-refractivity contribution in [1.82, 2.24) is 0 Å². The fourth-order valence-corrected chi connectivity index (χ4v) is 1.44. The molecule has 2 atom stereocenters. The van der Waals surface area contributed by atoms with Crippen LogP contribution in [0.3, 0.4) is 0 Å². The topological polar surface area (TPSA) is 44.5 Å². The number of nitrogens with two attached hydrogens (primary N) is 1. The van der Waals surface area contributed by atoms with Gasteiger partial charge in [-0.15, -0.1) is 0 Å². The molecule has 2 N–H and O–H groups in total. The summed E-state index contributed by atoms with van der Waals surface area (Å²) < 4.78 is 10.7. The first-order valence-corrected chi connectivity index (χ1v) is 5.20. The van der Waals surface area contributed by atoms with Crippen molar-refractivity contribution in [1.29, 1.82) is 0 Å². The number of para-hydroxylation sites is 1. The van der Waals surface area contributed by atoms with E-state index in [4.69, 9.17) is 15.2 Å². The zero-order valence-corrected chi connectivity index (χ0v) is 9.57. The molecular weight excluding hydrogens is 190 g/mol. The molecule has 1 aromatic rings. The predicted molar refractivity (Wildman–Crippen MR) is 61.0 cm³/mol. The zero-order valence-electron chi connectivity index (χ0n) is 9.57. The molecule has 3 heteroatoms. The monoisotopic (exact) mass is 209 g/mol. The number of benzene rings is 1. The van der Waals surface area contributed by atoms with Gasteiger partial charge in [0.2, 0.25) is 0 Å². The lowest BCUT2D eigenvalue weighted by Gasteiger charge is -2.21. The Morgan fingerprint density at radius 1 is 1.33 bits per heavy atom. The summed E-state index contributed by atoms with van der Waals surface area (Å²) in [5.41, 5.74) is 7.07. The quantitative estimate of drug-likeness (QED) is 0.807. The maximum atomic E-state index is 6.08. The van der Waals surface area contributed by atoms with Crippen molar-refractivity contribution in [2.45, 2.75) is 26.0 Å². The Bertz CT molecular complexity index is 301. The summed E-state index contributed by atoms with van der Waals surface area (Å²) in [5.74, 6) is 0.844. The number of hydrogen-bond acceptors (Lipinski definition) is 3. The summed E-state index contributed by atoms with van der Waals surface area (Å²) in [5, 5.41) is 0. The van der Waals surface area contributed by atoms with Crippen molar-refractivity contribution in [3.8, 4) is 5.75 Å². The first-order chi connectivity index (χ1) is 7.20. The Balaban J connectivity index is 2.91. The molecule has 3 nitrogen and oxygen atoms in total. The van der Waals surface area contributed by atoms with E-state index in [0.29, 0.717) is 6.61 Å². The zero-order chi connectivity index (χ0) is 11.3. The molecule has 0 spiro atoms. The van der Waals surface area contributed by atoms with Gasteiger partial charge in [-0.2, -0.15) is 0 Å². The van der Waals surface area contributed by atoms with Crippen LogP contribution in [0.15, 0.2) is 24.3 Å². The molecule has 0 amide bonds. The van der Waals surface area contributed by atoms with E-state index < -0.39 is 0 Å². The van der Waals surface area contributed by atoms with E-state index in [9.17, 15) is 0 Å². The Kier molecular flexibility index (Phi) is 4.59. The van der Waals surface area contributed by atoms with Crippen LogP contribution in [0.25, 0.3) is 0 Å². The summed E-state index contributed by atoms with van der Waals surface area (Å²) in [4.78, 5) is 0. The van der Waals surface area contributed by atoms with Gasteiger partial charge in [0, 0.05) is 12.7 Å². The lowest BCUT2D eigenvalue weighted by atomic mass is 10.0. The maximum absolute atomic E-state index is 6.08. The van der Waals surface area contributed by atoms with Gasteiger partial charge in [-0.3, -0.25) is 0 Å². The van der Waals surface area contributed by atoms with Gasteiger partial charge in [-0.05, 0) is 19.9 Å². The van der Waals surface area contributed by atoms with Gasteiger partial charge in [-0.25, -0.2) is 0 Å². The van der Waals surface area contributed by atoms with E-state index in [1.165, 1.54) is 0 Å². The van der Waals surface area contributed by atoms with Crippen LogP contribution in [0.2, 0.25) is 0 Å². The molecule has 0 aliphatic heterocycles. The van der Waals surface area contributed by atoms with E-state index >= 15 is 0 Å². The van der Waals surface area contributed by atoms with Crippen LogP contribution < -0.4 is 10.5 Å². The van der Waals surface area contributed by atoms with Crippen molar-refractivity contribution >= 4 is 0 Å². The van der Waals surface area contributed by atoms with Crippen LogP contribution >= 0.6 is 0 Å². The van der Waals surface area contributed by atoms with E-state index in [1.54, 1.807) is 7.11 Å². The van der Waals surface area contributed by atoms with Gasteiger partial charge >= 0.3 is 0 Å². The molecule has 0 radical (unpaired) electrons. The van der Waals surface area contributed by atoms with Crippen LogP contribution in [0.4, 0.5) is 0 Å². The second-order valence-corrected chi connectivity index (χ2v) is 3.44. The van der Waals surface area contributed by atoms with Gasteiger partial charge in [0.05, 0.1) is 18.8 Å². The highest BCUT2D eigenvalue weighted by molar-refractivity contribution is 5.36. The van der Waals surface area contributed by atoms with Crippen molar-refractivity contribution in [3.05, 3.63) is 29.8 Å². The minimum Gasteiger partial charge on any atom is -0.494 e. The molecule has 0 aromatic heterocycles. The Morgan fingerprint density at radius 3 is 2.60 bits per heavy atom. The van der Waals surface area contributed by atoms with Gasteiger partial charge in [0.25, 0.3) is 0 Å². The molecule has 84 valence electrons. The number of methoxy groups -OCH3 is 1. The summed E-state index contributed by atoms with van der Waals surface area (Å²) >= 11 is 0. The molecule has 1 aromatic carbocycles. The minimum atomic E-state index is -0.155. The van der Waals surface area contributed by atoms with Crippen molar-refractivity contribution in [2.24, 2.45) is 5.73 Å². The maximum Gasteiger partial charge on any atom is 0.124 e. The first kappa shape index (κ1) is 12.0. The van der Waals surface area contributed by atoms with E-state index in [-0.39, 0.29) is 12.1 Å². The van der Waals surface area contributed by atoms with Gasteiger partial charge in [-0.1, -0.05) is 18.2 Å². The number of hydrogen-bond donors (Lipinski definition) is 1. The third-order valence-corrected chi connectivity index (χ3v) is 2.46. The number of ether oxygens (including phenoxy) is 2. The van der Waals surface area contributed by atoms with Crippen LogP contribution in [-0.4, -0.2) is 19.8 Å². The van der Waals surface area contributed by atoms with Crippen molar-refractivity contribution in [3.63, 3.8) is 0 Å². The highest BCUT2D eigenvalue weighted by Gasteiger charge is 2.17. The average Bonchev–Trinajstić information content (AvgIpc) is 2.28. The average molecular weight is 209 g/mol. The number of rotatable bonds is 5. The van der Waals surface area contributed by atoms with Crippen LogP contribution in [0.5, 0.6) is 5.75 Å². The molecule has 0 fully saturated rings. The highest BCUT2D eigenvalue weighted by Crippen LogP contribution is 2.26. The van der Waals surface area contributed by atoms with E-state index in [1.807, 2.05) is 38.1 Å². The molecule has 15 heavy (non-hydrogen) atoms. The summed E-state index contributed by atoms with van der Waals surface area (Å²) in [6, 6.07) is 7.66. The predicted octanol–water partition coefficient (Wildman–Crippen LogP) is 2.12. The van der Waals surface area contributed by atoms with Crippen LogP contribution in [-0.2, 0) is 4.74 Å². The van der Waals surface area contributed by atoms with Gasteiger partial charge in [0.15, 0.2) is 0 Å². The van der Waals surface area contributed by atoms with Gasteiger partial charge in [0.1, 0.15) is 5.75 Å². The molecular formula is C12H19NO2. The third kappa shape index (κ3) is 2.94.